The van der Waals surface area contributed by atoms with Crippen molar-refractivity contribution in [2.75, 3.05) is 5.73 Å². The van der Waals surface area contributed by atoms with Crippen LogP contribution in [0.1, 0.15) is 4.88 Å². The minimum absolute atomic E-state index is 0.891. The number of hydrogen-bond donors (Lipinski definition) is 1. The smallest absolute Gasteiger partial charge is 0.0671 e. The van der Waals surface area contributed by atoms with Crippen LogP contribution in [-0.2, 0) is 0 Å². The Balaban J connectivity index is 2.50. The molecule has 0 aromatic carbocycles. The van der Waals surface area contributed by atoms with Crippen LogP contribution >= 0.6 is 22.7 Å². The van der Waals surface area contributed by atoms with Crippen LogP contribution in [0.3, 0.4) is 0 Å². The molecule has 2 rings (SSSR count). The lowest BCUT2D eigenvalue weighted by molar-refractivity contribution is 1.64. The molecule has 62 valence electrons. The molecule has 0 atom stereocenters. The van der Waals surface area contributed by atoms with Crippen LogP contribution in [0.2, 0.25) is 0 Å². The van der Waals surface area contributed by atoms with Crippen LogP contribution in [0.25, 0.3) is 9.75 Å². The van der Waals surface area contributed by atoms with E-state index in [4.69, 9.17) is 5.73 Å². The molecule has 2 aromatic heterocycles. The van der Waals surface area contributed by atoms with Crippen molar-refractivity contribution in [2.24, 2.45) is 0 Å². The maximum absolute atomic E-state index is 5.80. The summed E-state index contributed by atoms with van der Waals surface area (Å²) in [5.41, 5.74) is 6.69. The van der Waals surface area contributed by atoms with Crippen molar-refractivity contribution >= 4 is 28.4 Å². The van der Waals surface area contributed by atoms with Crippen molar-refractivity contribution in [1.82, 2.24) is 0 Å². The van der Waals surface area contributed by atoms with Crippen molar-refractivity contribution in [2.45, 2.75) is 6.92 Å². The van der Waals surface area contributed by atoms with Gasteiger partial charge in [-0.1, -0.05) is 0 Å². The first kappa shape index (κ1) is 7.83. The molecule has 0 bridgehead atoms. The third kappa shape index (κ3) is 1.26. The van der Waals surface area contributed by atoms with Gasteiger partial charge in [-0.3, -0.25) is 0 Å². The molecule has 0 aliphatic heterocycles. The average molecular weight is 195 g/mol. The van der Waals surface area contributed by atoms with E-state index in [2.05, 4.69) is 19.1 Å². The summed E-state index contributed by atoms with van der Waals surface area (Å²) in [7, 11) is 0. The lowest BCUT2D eigenvalue weighted by Gasteiger charge is -1.92. The van der Waals surface area contributed by atoms with E-state index in [9.17, 15) is 0 Å². The van der Waals surface area contributed by atoms with Crippen LogP contribution in [0.4, 0.5) is 5.69 Å². The van der Waals surface area contributed by atoms with Gasteiger partial charge in [0.05, 0.1) is 10.6 Å². The summed E-state index contributed by atoms with van der Waals surface area (Å²) in [6, 6.07) is 6.20. The molecule has 12 heavy (non-hydrogen) atoms. The van der Waals surface area contributed by atoms with E-state index in [0.29, 0.717) is 0 Å². The number of anilines is 1. The summed E-state index contributed by atoms with van der Waals surface area (Å²) < 4.78 is 0. The molecular formula is C9H9NS2. The summed E-state index contributed by atoms with van der Waals surface area (Å²) >= 11 is 3.49. The van der Waals surface area contributed by atoms with Gasteiger partial charge in [0.2, 0.25) is 0 Å². The number of hydrogen-bond acceptors (Lipinski definition) is 3. The first-order valence-electron chi connectivity index (χ1n) is 3.67. The second-order valence-corrected chi connectivity index (χ2v) is 4.82. The summed E-state index contributed by atoms with van der Waals surface area (Å²) in [6.07, 6.45) is 0. The lowest BCUT2D eigenvalue weighted by atomic mass is 10.3. The van der Waals surface area contributed by atoms with Gasteiger partial charge >= 0.3 is 0 Å². The van der Waals surface area contributed by atoms with Crippen LogP contribution in [0.5, 0.6) is 0 Å². The lowest BCUT2D eigenvalue weighted by Crippen LogP contribution is -1.80. The number of aryl methyl sites for hydroxylation is 1. The van der Waals surface area contributed by atoms with E-state index in [-0.39, 0.29) is 0 Å². The van der Waals surface area contributed by atoms with E-state index in [1.807, 2.05) is 11.4 Å². The molecule has 0 unspecified atom stereocenters. The minimum atomic E-state index is 0.891. The first-order valence-corrected chi connectivity index (χ1v) is 5.37. The fourth-order valence-corrected chi connectivity index (χ4v) is 2.91. The highest BCUT2D eigenvalue weighted by molar-refractivity contribution is 7.21. The van der Waals surface area contributed by atoms with Crippen LogP contribution in [-0.4, -0.2) is 0 Å². The molecule has 2 aromatic rings. The summed E-state index contributed by atoms with van der Waals surface area (Å²) in [5.74, 6) is 0. The summed E-state index contributed by atoms with van der Waals surface area (Å²) in [5, 5.41) is 2.03. The van der Waals surface area contributed by atoms with Crippen molar-refractivity contribution in [3.05, 3.63) is 28.5 Å². The maximum atomic E-state index is 5.80. The highest BCUT2D eigenvalue weighted by atomic mass is 32.1. The molecule has 0 aliphatic rings. The van der Waals surface area contributed by atoms with Crippen LogP contribution in [0.15, 0.2) is 23.6 Å². The van der Waals surface area contributed by atoms with Gasteiger partial charge in [-0.15, -0.1) is 22.7 Å². The highest BCUT2D eigenvalue weighted by Crippen LogP contribution is 2.35. The topological polar surface area (TPSA) is 26.0 Å². The van der Waals surface area contributed by atoms with E-state index in [0.717, 1.165) is 5.69 Å². The van der Waals surface area contributed by atoms with Gasteiger partial charge in [0.15, 0.2) is 0 Å². The molecule has 0 spiro atoms. The van der Waals surface area contributed by atoms with E-state index >= 15 is 0 Å². The third-order valence-electron chi connectivity index (χ3n) is 1.66. The maximum Gasteiger partial charge on any atom is 0.0671 e. The van der Waals surface area contributed by atoms with Gasteiger partial charge in [0, 0.05) is 9.75 Å². The largest absolute Gasteiger partial charge is 0.398 e. The Morgan fingerprint density at radius 3 is 2.58 bits per heavy atom. The zero-order chi connectivity index (χ0) is 8.55. The number of nitrogen functional groups attached to an aromatic ring is 1. The van der Waals surface area contributed by atoms with E-state index in [1.54, 1.807) is 22.7 Å². The predicted octanol–water partition coefficient (Wildman–Crippen LogP) is 3.37. The molecule has 2 heterocycles. The summed E-state index contributed by atoms with van der Waals surface area (Å²) in [6.45, 7) is 2.11. The second kappa shape index (κ2) is 2.92. The standard InChI is InChI=1S/C9H9NS2/c1-6-2-3-8(12-6)9-7(10)4-5-11-9/h2-5H,10H2,1H3. The Bertz CT molecular complexity index is 387. The van der Waals surface area contributed by atoms with Crippen LogP contribution < -0.4 is 5.73 Å². The van der Waals surface area contributed by atoms with Crippen LogP contribution in [0, 0.1) is 6.92 Å². The SMILES string of the molecule is Cc1ccc(-c2sccc2N)s1. The molecule has 0 saturated carbocycles. The molecule has 0 saturated heterocycles. The minimum Gasteiger partial charge on any atom is -0.398 e. The van der Waals surface area contributed by atoms with Crippen molar-refractivity contribution in [1.29, 1.82) is 0 Å². The molecule has 0 aliphatic carbocycles. The Morgan fingerprint density at radius 1 is 1.25 bits per heavy atom. The first-order chi connectivity index (χ1) is 5.77. The molecule has 0 radical (unpaired) electrons. The number of nitrogens with two attached hydrogens (primary N) is 1. The Labute approximate surface area is 79.5 Å². The van der Waals surface area contributed by atoms with Crippen molar-refractivity contribution in [3.8, 4) is 9.75 Å². The molecular weight excluding hydrogens is 186 g/mol. The van der Waals surface area contributed by atoms with E-state index in [1.165, 1.54) is 14.6 Å². The monoisotopic (exact) mass is 195 g/mol. The molecule has 1 nitrogen and oxygen atoms in total. The quantitative estimate of drug-likeness (QED) is 0.741. The van der Waals surface area contributed by atoms with Gasteiger partial charge in [0.25, 0.3) is 0 Å². The summed E-state index contributed by atoms with van der Waals surface area (Å²) in [4.78, 5) is 3.81. The molecule has 3 heteroatoms. The van der Waals surface area contributed by atoms with Crippen molar-refractivity contribution in [3.63, 3.8) is 0 Å². The average Bonchev–Trinajstić information content (AvgIpc) is 2.58. The second-order valence-electron chi connectivity index (χ2n) is 2.62. The fourth-order valence-electron chi connectivity index (χ4n) is 1.08. The zero-order valence-electron chi connectivity index (χ0n) is 6.70. The number of rotatable bonds is 1. The Hall–Kier alpha value is -0.800. The van der Waals surface area contributed by atoms with Gasteiger partial charge in [-0.2, -0.15) is 0 Å². The zero-order valence-corrected chi connectivity index (χ0v) is 8.34. The molecule has 0 fully saturated rings. The Morgan fingerprint density at radius 2 is 2.08 bits per heavy atom. The molecule has 2 N–H and O–H groups in total. The van der Waals surface area contributed by atoms with E-state index < -0.39 is 0 Å². The van der Waals surface area contributed by atoms with Gasteiger partial charge in [-0.25, -0.2) is 0 Å². The molecule has 0 amide bonds. The van der Waals surface area contributed by atoms with Gasteiger partial charge in [-0.05, 0) is 30.5 Å². The number of thiophene rings is 2. The van der Waals surface area contributed by atoms with Gasteiger partial charge < -0.3 is 5.73 Å². The predicted molar refractivity (Wildman–Crippen MR) is 56.8 cm³/mol. The Kier molecular flexibility index (Phi) is 1.90. The fraction of sp³-hybridized carbons (Fsp3) is 0.111. The van der Waals surface area contributed by atoms with Gasteiger partial charge in [0.1, 0.15) is 0 Å². The normalized spacial score (nSPS) is 10.4. The van der Waals surface area contributed by atoms with Crippen molar-refractivity contribution < 1.29 is 0 Å². The third-order valence-corrected chi connectivity index (χ3v) is 3.77. The highest BCUT2D eigenvalue weighted by Gasteiger charge is 2.05.